The highest BCUT2D eigenvalue weighted by molar-refractivity contribution is 5.96. The van der Waals surface area contributed by atoms with Crippen LogP contribution < -0.4 is 9.64 Å². The smallest absolute Gasteiger partial charge is 0.328 e. The van der Waals surface area contributed by atoms with E-state index in [0.717, 1.165) is 12.1 Å². The average Bonchev–Trinajstić information content (AvgIpc) is 2.57. The molecule has 0 radical (unpaired) electrons. The van der Waals surface area contributed by atoms with E-state index in [0.29, 0.717) is 30.4 Å². The second-order valence-corrected chi connectivity index (χ2v) is 6.74. The highest BCUT2D eigenvalue weighted by Gasteiger charge is 2.32. The fraction of sp³-hybridized carbons (Fsp3) is 0.579. The molecule has 0 saturated carbocycles. The summed E-state index contributed by atoms with van der Waals surface area (Å²) in [7, 11) is 0. The zero-order valence-corrected chi connectivity index (χ0v) is 15.2. The normalized spacial score (nSPS) is 17.9. The van der Waals surface area contributed by atoms with E-state index in [1.165, 1.54) is 6.92 Å². The van der Waals surface area contributed by atoms with Crippen LogP contribution in [-0.2, 0) is 9.53 Å². The van der Waals surface area contributed by atoms with Gasteiger partial charge < -0.3 is 14.4 Å². The topological polar surface area (TPSA) is 55.8 Å². The molecule has 2 rings (SSSR count). The summed E-state index contributed by atoms with van der Waals surface area (Å²) in [5.41, 5.74) is 1.39. The lowest BCUT2D eigenvalue weighted by Gasteiger charge is -2.39. The van der Waals surface area contributed by atoms with E-state index < -0.39 is 6.04 Å². The van der Waals surface area contributed by atoms with Gasteiger partial charge in [0.2, 0.25) is 0 Å². The zero-order chi connectivity index (χ0) is 17.9. The van der Waals surface area contributed by atoms with Crippen molar-refractivity contribution in [3.63, 3.8) is 0 Å². The SMILES string of the molecule is CCC1CN(C(C)C(=O)OCC(C)C)c2cc(C(C)=O)ccc2O1. The summed E-state index contributed by atoms with van der Waals surface area (Å²) in [4.78, 5) is 26.1. The van der Waals surface area contributed by atoms with E-state index in [2.05, 4.69) is 6.92 Å². The van der Waals surface area contributed by atoms with E-state index in [1.54, 1.807) is 12.1 Å². The predicted molar refractivity (Wildman–Crippen MR) is 93.8 cm³/mol. The molecule has 1 aromatic carbocycles. The Morgan fingerprint density at radius 2 is 2.04 bits per heavy atom. The third-order valence-corrected chi connectivity index (χ3v) is 4.19. The predicted octanol–water partition coefficient (Wildman–Crippen LogP) is 3.45. The van der Waals surface area contributed by atoms with Crippen molar-refractivity contribution < 1.29 is 19.1 Å². The summed E-state index contributed by atoms with van der Waals surface area (Å²) >= 11 is 0. The standard InChI is InChI=1S/C19H27NO4/c1-6-16-10-20(13(4)19(22)23-11-12(2)3)17-9-15(14(5)21)7-8-18(17)24-16/h7-9,12-13,16H,6,10-11H2,1-5H3. The lowest BCUT2D eigenvalue weighted by molar-refractivity contribution is -0.146. The van der Waals surface area contributed by atoms with Gasteiger partial charge in [-0.25, -0.2) is 4.79 Å². The van der Waals surface area contributed by atoms with Crippen LogP contribution in [0.4, 0.5) is 5.69 Å². The first-order valence-corrected chi connectivity index (χ1v) is 8.58. The van der Waals surface area contributed by atoms with Gasteiger partial charge in [0.25, 0.3) is 0 Å². The lowest BCUT2D eigenvalue weighted by atomic mass is 10.1. The second kappa shape index (κ2) is 7.69. The Bertz CT molecular complexity index is 611. The highest BCUT2D eigenvalue weighted by Crippen LogP contribution is 2.36. The Labute approximate surface area is 143 Å². The third-order valence-electron chi connectivity index (χ3n) is 4.19. The number of ether oxygens (including phenoxy) is 2. The summed E-state index contributed by atoms with van der Waals surface area (Å²) in [6.07, 6.45) is 0.860. The first-order valence-electron chi connectivity index (χ1n) is 8.58. The first kappa shape index (κ1) is 18.3. The van der Waals surface area contributed by atoms with Gasteiger partial charge in [-0.1, -0.05) is 20.8 Å². The van der Waals surface area contributed by atoms with Crippen LogP contribution in [0.1, 0.15) is 51.4 Å². The molecule has 1 aliphatic heterocycles. The number of nitrogens with zero attached hydrogens (tertiary/aromatic N) is 1. The molecule has 0 bridgehead atoms. The number of rotatable bonds is 6. The van der Waals surface area contributed by atoms with Gasteiger partial charge in [-0.2, -0.15) is 0 Å². The van der Waals surface area contributed by atoms with Crippen LogP contribution in [0, 0.1) is 5.92 Å². The number of hydrogen-bond acceptors (Lipinski definition) is 5. The van der Waals surface area contributed by atoms with Crippen LogP contribution in [0.15, 0.2) is 18.2 Å². The minimum Gasteiger partial charge on any atom is -0.486 e. The van der Waals surface area contributed by atoms with Gasteiger partial charge in [0.15, 0.2) is 5.78 Å². The largest absolute Gasteiger partial charge is 0.486 e. The molecule has 5 heteroatoms. The number of hydrogen-bond donors (Lipinski definition) is 0. The van der Waals surface area contributed by atoms with Crippen LogP contribution in [0.3, 0.4) is 0 Å². The van der Waals surface area contributed by atoms with Gasteiger partial charge in [-0.05, 0) is 44.4 Å². The molecule has 24 heavy (non-hydrogen) atoms. The summed E-state index contributed by atoms with van der Waals surface area (Å²) in [6.45, 7) is 10.5. The molecule has 0 fully saturated rings. The molecule has 0 amide bonds. The van der Waals surface area contributed by atoms with Crippen molar-refractivity contribution in [2.45, 2.75) is 53.2 Å². The van der Waals surface area contributed by atoms with Crippen LogP contribution in [0.5, 0.6) is 5.75 Å². The van der Waals surface area contributed by atoms with E-state index in [9.17, 15) is 9.59 Å². The molecule has 0 N–H and O–H groups in total. The number of benzene rings is 1. The summed E-state index contributed by atoms with van der Waals surface area (Å²) in [6, 6.07) is 4.95. The van der Waals surface area contributed by atoms with Crippen molar-refractivity contribution in [3.05, 3.63) is 23.8 Å². The van der Waals surface area contributed by atoms with Crippen molar-refractivity contribution >= 4 is 17.4 Å². The van der Waals surface area contributed by atoms with Gasteiger partial charge in [0.05, 0.1) is 18.8 Å². The van der Waals surface area contributed by atoms with Crippen molar-refractivity contribution in [1.29, 1.82) is 0 Å². The maximum atomic E-state index is 12.4. The summed E-state index contributed by atoms with van der Waals surface area (Å²) in [5.74, 6) is 0.748. The van der Waals surface area contributed by atoms with Gasteiger partial charge in [-0.3, -0.25) is 4.79 Å². The molecule has 1 aromatic rings. The van der Waals surface area contributed by atoms with Crippen LogP contribution >= 0.6 is 0 Å². The number of Topliss-reactive ketones (excluding diaryl/α,β-unsaturated/α-hetero) is 1. The fourth-order valence-corrected chi connectivity index (χ4v) is 2.67. The quantitative estimate of drug-likeness (QED) is 0.589. The number of fused-ring (bicyclic) bond motifs is 1. The Hall–Kier alpha value is -2.04. The van der Waals surface area contributed by atoms with E-state index in [4.69, 9.17) is 9.47 Å². The molecule has 0 spiro atoms. The Balaban J connectivity index is 2.29. The molecule has 0 aromatic heterocycles. The van der Waals surface area contributed by atoms with E-state index in [-0.39, 0.29) is 17.9 Å². The lowest BCUT2D eigenvalue weighted by Crippen LogP contribution is -2.48. The molecule has 2 atom stereocenters. The maximum absolute atomic E-state index is 12.4. The molecule has 0 saturated heterocycles. The van der Waals surface area contributed by atoms with Gasteiger partial charge >= 0.3 is 5.97 Å². The molecule has 132 valence electrons. The van der Waals surface area contributed by atoms with Crippen LogP contribution in [0.25, 0.3) is 0 Å². The molecule has 5 nitrogen and oxygen atoms in total. The third kappa shape index (κ3) is 4.08. The number of esters is 1. The molecule has 0 aliphatic carbocycles. The van der Waals surface area contributed by atoms with Crippen molar-refractivity contribution in [1.82, 2.24) is 0 Å². The Morgan fingerprint density at radius 1 is 1.33 bits per heavy atom. The van der Waals surface area contributed by atoms with Crippen LogP contribution in [-0.4, -0.2) is 37.0 Å². The Kier molecular flexibility index (Phi) is 5.86. The van der Waals surface area contributed by atoms with Crippen molar-refractivity contribution in [3.8, 4) is 5.75 Å². The second-order valence-electron chi connectivity index (χ2n) is 6.74. The summed E-state index contributed by atoms with van der Waals surface area (Å²) in [5, 5.41) is 0. The fourth-order valence-electron chi connectivity index (χ4n) is 2.67. The van der Waals surface area contributed by atoms with Crippen LogP contribution in [0.2, 0.25) is 0 Å². The van der Waals surface area contributed by atoms with Crippen molar-refractivity contribution in [2.24, 2.45) is 5.92 Å². The number of anilines is 1. The minimum absolute atomic E-state index is 0.00889. The molecule has 1 heterocycles. The van der Waals surface area contributed by atoms with Gasteiger partial charge in [0, 0.05) is 5.56 Å². The van der Waals surface area contributed by atoms with Gasteiger partial charge in [0.1, 0.15) is 17.9 Å². The summed E-state index contributed by atoms with van der Waals surface area (Å²) < 4.78 is 11.4. The van der Waals surface area contributed by atoms with Crippen molar-refractivity contribution in [2.75, 3.05) is 18.1 Å². The number of ketones is 1. The average molecular weight is 333 g/mol. The Morgan fingerprint density at radius 3 is 2.62 bits per heavy atom. The first-order chi connectivity index (χ1) is 11.3. The molecular weight excluding hydrogens is 306 g/mol. The monoisotopic (exact) mass is 333 g/mol. The molecule has 2 unspecified atom stereocenters. The highest BCUT2D eigenvalue weighted by atomic mass is 16.5. The number of carbonyl (C=O) groups excluding carboxylic acids is 2. The number of carbonyl (C=O) groups is 2. The maximum Gasteiger partial charge on any atom is 0.328 e. The zero-order valence-electron chi connectivity index (χ0n) is 15.2. The van der Waals surface area contributed by atoms with Gasteiger partial charge in [-0.15, -0.1) is 0 Å². The van der Waals surface area contributed by atoms with E-state index >= 15 is 0 Å². The molecular formula is C19H27NO4. The van der Waals surface area contributed by atoms with E-state index in [1.807, 2.05) is 31.7 Å². The minimum atomic E-state index is -0.428. The molecule has 1 aliphatic rings.